The van der Waals surface area contributed by atoms with Crippen LogP contribution in [0.5, 0.6) is 0 Å². The summed E-state index contributed by atoms with van der Waals surface area (Å²) in [5.41, 5.74) is 2.22. The van der Waals surface area contributed by atoms with E-state index >= 15 is 0 Å². The molecule has 154 valence electrons. The maximum absolute atomic E-state index is 11.5. The maximum atomic E-state index is 11.5. The lowest BCUT2D eigenvalue weighted by Crippen LogP contribution is -1.92. The van der Waals surface area contributed by atoms with E-state index in [4.69, 9.17) is 0 Å². The van der Waals surface area contributed by atoms with Gasteiger partial charge < -0.3 is 0 Å². The number of hydrogen-bond acceptors (Lipinski definition) is 6. The van der Waals surface area contributed by atoms with Crippen LogP contribution in [0.15, 0.2) is 66.7 Å². The van der Waals surface area contributed by atoms with Gasteiger partial charge in [-0.25, -0.2) is 0 Å². The zero-order valence-corrected chi connectivity index (χ0v) is 16.0. The second-order valence-electron chi connectivity index (χ2n) is 6.44. The predicted octanol–water partition coefficient (Wildman–Crippen LogP) is 5.75. The fourth-order valence-corrected chi connectivity index (χ4v) is 2.76. The monoisotopic (exact) mass is 417 g/mol. The van der Waals surface area contributed by atoms with E-state index in [1.54, 1.807) is 60.7 Å². The van der Waals surface area contributed by atoms with Crippen LogP contribution >= 0.6 is 0 Å². The number of hydrogen-bond donors (Lipinski definition) is 0. The largest absolute Gasteiger partial charge is 0.277 e. The Labute approximate surface area is 176 Å². The van der Waals surface area contributed by atoms with Crippen LogP contribution in [0.4, 0.5) is 17.1 Å². The molecule has 0 heterocycles. The molecule has 0 aliphatic carbocycles. The maximum Gasteiger partial charge on any atom is 0.277 e. The molecule has 0 spiro atoms. The van der Waals surface area contributed by atoms with Gasteiger partial charge in [-0.1, -0.05) is 24.3 Å². The van der Waals surface area contributed by atoms with E-state index in [1.807, 2.05) is 0 Å². The van der Waals surface area contributed by atoms with Crippen molar-refractivity contribution in [2.75, 3.05) is 0 Å². The summed E-state index contributed by atoms with van der Waals surface area (Å²) in [6.45, 7) is 0. The number of benzene rings is 3. The van der Waals surface area contributed by atoms with Gasteiger partial charge in [-0.2, -0.15) is 0 Å². The minimum atomic E-state index is -0.499. The van der Waals surface area contributed by atoms with E-state index < -0.39 is 14.8 Å². The van der Waals surface area contributed by atoms with Gasteiger partial charge >= 0.3 is 0 Å². The van der Waals surface area contributed by atoms with Gasteiger partial charge in [0.1, 0.15) is 0 Å². The third kappa shape index (κ3) is 5.45. The van der Waals surface area contributed by atoms with Crippen molar-refractivity contribution < 1.29 is 14.8 Å². The third-order valence-corrected chi connectivity index (χ3v) is 4.38. The normalized spacial score (nSPS) is 11.1. The van der Waals surface area contributed by atoms with Gasteiger partial charge in [0.15, 0.2) is 0 Å². The van der Waals surface area contributed by atoms with Crippen molar-refractivity contribution in [1.82, 2.24) is 0 Å². The Balaban J connectivity index is 1.81. The first-order valence-corrected chi connectivity index (χ1v) is 8.97. The Morgan fingerprint density at radius 2 is 0.935 bits per heavy atom. The average molecular weight is 417 g/mol. The zero-order chi connectivity index (χ0) is 22.4. The molecule has 0 atom stereocenters. The lowest BCUT2D eigenvalue weighted by Gasteiger charge is -2.01. The van der Waals surface area contributed by atoms with E-state index in [2.05, 4.69) is 0 Å². The Bertz CT molecular complexity index is 1200. The van der Waals surface area contributed by atoms with E-state index in [0.717, 1.165) is 5.56 Å². The Kier molecular flexibility index (Phi) is 6.27. The molecule has 0 saturated carbocycles. The molecule has 9 nitrogen and oxygen atoms in total. The zero-order valence-electron chi connectivity index (χ0n) is 16.0. The van der Waals surface area contributed by atoms with E-state index in [9.17, 15) is 30.3 Å². The molecule has 0 fully saturated rings. The molecule has 0 bridgehead atoms. The summed E-state index contributed by atoms with van der Waals surface area (Å²) in [6, 6.07) is 16.5. The first kappa shape index (κ1) is 21.1. The molecular formula is C22H15N3O6. The summed E-state index contributed by atoms with van der Waals surface area (Å²) in [4.78, 5) is 31.4. The van der Waals surface area contributed by atoms with Crippen LogP contribution < -0.4 is 0 Å². The summed E-state index contributed by atoms with van der Waals surface area (Å²) in [5.74, 6) is 0. The summed E-state index contributed by atoms with van der Waals surface area (Å²) < 4.78 is 0. The molecule has 0 aliphatic heterocycles. The van der Waals surface area contributed by atoms with Crippen LogP contribution in [0.2, 0.25) is 0 Å². The van der Waals surface area contributed by atoms with Crippen molar-refractivity contribution in [3.05, 3.63) is 119 Å². The molecule has 0 amide bonds. The van der Waals surface area contributed by atoms with Gasteiger partial charge in [-0.3, -0.25) is 30.3 Å². The Morgan fingerprint density at radius 3 is 1.39 bits per heavy atom. The van der Waals surface area contributed by atoms with Crippen molar-refractivity contribution in [2.24, 2.45) is 0 Å². The molecule has 3 aromatic carbocycles. The van der Waals surface area contributed by atoms with Crippen molar-refractivity contribution in [3.8, 4) is 0 Å². The molecule has 0 aromatic heterocycles. The van der Waals surface area contributed by atoms with Gasteiger partial charge in [0.25, 0.3) is 17.1 Å². The molecular weight excluding hydrogens is 402 g/mol. The summed E-state index contributed by atoms with van der Waals surface area (Å²) in [7, 11) is 0. The second kappa shape index (κ2) is 9.23. The smallest absolute Gasteiger partial charge is 0.258 e. The summed E-state index contributed by atoms with van der Waals surface area (Å²) >= 11 is 0. The highest BCUT2D eigenvalue weighted by Gasteiger charge is 2.12. The van der Waals surface area contributed by atoms with Gasteiger partial charge in [0.2, 0.25) is 0 Å². The van der Waals surface area contributed by atoms with Crippen LogP contribution in [-0.2, 0) is 0 Å². The molecule has 0 saturated heterocycles. The molecule has 0 aliphatic rings. The van der Waals surface area contributed by atoms with Crippen molar-refractivity contribution in [1.29, 1.82) is 0 Å². The Morgan fingerprint density at radius 1 is 0.516 bits per heavy atom. The highest BCUT2D eigenvalue weighted by atomic mass is 16.6. The molecule has 0 radical (unpaired) electrons. The lowest BCUT2D eigenvalue weighted by molar-refractivity contribution is -0.385. The quantitative estimate of drug-likeness (QED) is 0.273. The first-order valence-electron chi connectivity index (χ1n) is 8.97. The SMILES string of the molecule is O=[N+]([O-])c1ccc(/C=C/c2ccc(/C=C/c3ccc([N+](=O)[O-])cc3)c([N+](=O)[O-])c2)cc1. The number of nitro benzene ring substituents is 3. The molecule has 3 rings (SSSR count). The fraction of sp³-hybridized carbons (Fsp3) is 0. The second-order valence-corrected chi connectivity index (χ2v) is 6.44. The van der Waals surface area contributed by atoms with Gasteiger partial charge in [-0.05, 0) is 53.1 Å². The fourth-order valence-electron chi connectivity index (χ4n) is 2.76. The van der Waals surface area contributed by atoms with Crippen molar-refractivity contribution in [3.63, 3.8) is 0 Å². The Hall–Kier alpha value is -4.66. The highest BCUT2D eigenvalue weighted by Crippen LogP contribution is 2.24. The third-order valence-electron chi connectivity index (χ3n) is 4.38. The number of non-ortho nitro benzene ring substituents is 2. The van der Waals surface area contributed by atoms with Crippen LogP contribution in [0.1, 0.15) is 22.3 Å². The first-order chi connectivity index (χ1) is 14.8. The average Bonchev–Trinajstić information content (AvgIpc) is 2.77. The van der Waals surface area contributed by atoms with Crippen LogP contribution in [0, 0.1) is 30.3 Å². The van der Waals surface area contributed by atoms with E-state index in [-0.39, 0.29) is 17.1 Å². The number of nitro groups is 3. The molecule has 9 heteroatoms. The summed E-state index contributed by atoms with van der Waals surface area (Å²) in [5, 5.41) is 32.9. The van der Waals surface area contributed by atoms with Gasteiger partial charge in [0.05, 0.1) is 20.3 Å². The van der Waals surface area contributed by atoms with E-state index in [1.165, 1.54) is 30.3 Å². The standard InChI is InChI=1S/C22H15N3O6/c26-23(27)20-11-5-16(6-12-20)1-2-18-4-10-19(22(15-18)25(30)31)9-3-17-7-13-21(14-8-17)24(28)29/h1-15H/b2-1+,9-3+. The highest BCUT2D eigenvalue weighted by molar-refractivity contribution is 5.77. The minimum absolute atomic E-state index is 0.0167. The van der Waals surface area contributed by atoms with Gasteiger partial charge in [-0.15, -0.1) is 0 Å². The van der Waals surface area contributed by atoms with Gasteiger partial charge in [0, 0.05) is 30.3 Å². The van der Waals surface area contributed by atoms with Crippen molar-refractivity contribution >= 4 is 41.4 Å². The van der Waals surface area contributed by atoms with Crippen LogP contribution in [-0.4, -0.2) is 14.8 Å². The molecule has 0 unspecified atom stereocenters. The lowest BCUT2D eigenvalue weighted by atomic mass is 10.1. The molecule has 31 heavy (non-hydrogen) atoms. The molecule has 3 aromatic rings. The number of rotatable bonds is 7. The number of nitrogens with zero attached hydrogens (tertiary/aromatic N) is 3. The minimum Gasteiger partial charge on any atom is -0.258 e. The van der Waals surface area contributed by atoms with Crippen molar-refractivity contribution in [2.45, 2.75) is 0 Å². The van der Waals surface area contributed by atoms with Crippen LogP contribution in [0.25, 0.3) is 24.3 Å². The predicted molar refractivity (Wildman–Crippen MR) is 117 cm³/mol. The summed E-state index contributed by atoms with van der Waals surface area (Å²) in [6.07, 6.45) is 6.59. The van der Waals surface area contributed by atoms with Crippen LogP contribution in [0.3, 0.4) is 0 Å². The molecule has 0 N–H and O–H groups in total. The van der Waals surface area contributed by atoms with E-state index in [0.29, 0.717) is 16.7 Å². The topological polar surface area (TPSA) is 129 Å².